The van der Waals surface area contributed by atoms with E-state index in [0.29, 0.717) is 25.3 Å². The second-order valence-electron chi connectivity index (χ2n) is 6.92. The highest BCUT2D eigenvalue weighted by atomic mass is 79.9. The molecule has 0 aliphatic heterocycles. The van der Waals surface area contributed by atoms with Crippen LogP contribution in [0.3, 0.4) is 0 Å². The van der Waals surface area contributed by atoms with Crippen molar-refractivity contribution in [2.45, 2.75) is 20.4 Å². The third kappa shape index (κ3) is 4.04. The molecule has 0 fully saturated rings. The van der Waals surface area contributed by atoms with Gasteiger partial charge in [-0.15, -0.1) is 0 Å². The van der Waals surface area contributed by atoms with Crippen molar-refractivity contribution in [3.8, 4) is 0 Å². The Morgan fingerprint density at radius 1 is 1.27 bits per heavy atom. The van der Waals surface area contributed by atoms with Crippen LogP contribution in [0.5, 0.6) is 0 Å². The van der Waals surface area contributed by atoms with Crippen LogP contribution in [-0.2, 0) is 11.3 Å². The first-order chi connectivity index (χ1) is 14.6. The Labute approximate surface area is 182 Å². The van der Waals surface area contributed by atoms with E-state index in [4.69, 9.17) is 9.15 Å². The van der Waals surface area contributed by atoms with E-state index in [0.717, 1.165) is 32.0 Å². The predicted octanol–water partition coefficient (Wildman–Crippen LogP) is 5.26. The Hall–Kier alpha value is -2.90. The first-order valence-corrected chi connectivity index (χ1v) is 10.6. The molecule has 0 atom stereocenters. The molecule has 2 aromatic carbocycles. The van der Waals surface area contributed by atoms with Crippen LogP contribution in [0.2, 0.25) is 0 Å². The number of hydrogen-bond acceptors (Lipinski definition) is 4. The number of amides is 1. The van der Waals surface area contributed by atoms with E-state index in [1.54, 1.807) is 12.3 Å². The molecular formula is C23H22BrN3O3. The standard InChI is InChI=1S/C23H22BrN3O3/c1-3-29-11-10-27-19-7-5-4-6-17(19)18(22(27)24)14-25-26-23(28)21-13-16-12-15(2)8-9-20(16)30-21/h4-9,12-14H,3,10-11H2,1-2H3,(H,26,28). The van der Waals surface area contributed by atoms with Gasteiger partial charge in [0, 0.05) is 35.0 Å². The van der Waals surface area contributed by atoms with Crippen molar-refractivity contribution in [3.05, 3.63) is 70.0 Å². The third-order valence-corrected chi connectivity index (χ3v) is 5.72. The van der Waals surface area contributed by atoms with Crippen molar-refractivity contribution in [2.75, 3.05) is 13.2 Å². The zero-order valence-electron chi connectivity index (χ0n) is 16.8. The number of nitrogens with one attached hydrogen (secondary N) is 1. The number of carbonyl (C=O) groups is 1. The minimum absolute atomic E-state index is 0.228. The molecule has 1 N–H and O–H groups in total. The van der Waals surface area contributed by atoms with Crippen molar-refractivity contribution >= 4 is 49.9 Å². The molecule has 1 amide bonds. The molecule has 2 heterocycles. The molecule has 0 aliphatic rings. The van der Waals surface area contributed by atoms with Gasteiger partial charge in [0.25, 0.3) is 0 Å². The van der Waals surface area contributed by atoms with Crippen molar-refractivity contribution in [1.29, 1.82) is 0 Å². The summed E-state index contributed by atoms with van der Waals surface area (Å²) in [6.07, 6.45) is 1.65. The summed E-state index contributed by atoms with van der Waals surface area (Å²) < 4.78 is 14.2. The van der Waals surface area contributed by atoms with Gasteiger partial charge in [-0.05, 0) is 54.0 Å². The Morgan fingerprint density at radius 3 is 2.93 bits per heavy atom. The van der Waals surface area contributed by atoms with Gasteiger partial charge < -0.3 is 13.7 Å². The first kappa shape index (κ1) is 20.4. The Morgan fingerprint density at radius 2 is 2.10 bits per heavy atom. The van der Waals surface area contributed by atoms with E-state index in [9.17, 15) is 4.79 Å². The van der Waals surface area contributed by atoms with Gasteiger partial charge in [-0.25, -0.2) is 5.43 Å². The van der Waals surface area contributed by atoms with E-state index < -0.39 is 5.91 Å². The highest BCUT2D eigenvalue weighted by Crippen LogP contribution is 2.29. The number of hydrazone groups is 1. The van der Waals surface area contributed by atoms with Gasteiger partial charge in [0.15, 0.2) is 5.76 Å². The zero-order chi connectivity index (χ0) is 21.1. The number of furan rings is 1. The van der Waals surface area contributed by atoms with Gasteiger partial charge in [0.05, 0.1) is 17.4 Å². The number of nitrogens with zero attached hydrogens (tertiary/aromatic N) is 2. The van der Waals surface area contributed by atoms with Gasteiger partial charge in [0.1, 0.15) is 5.58 Å². The monoisotopic (exact) mass is 467 g/mol. The van der Waals surface area contributed by atoms with Crippen LogP contribution in [0, 0.1) is 6.92 Å². The SMILES string of the molecule is CCOCCn1c(Br)c(C=NNC(=O)c2cc3cc(C)ccc3o2)c2ccccc21. The van der Waals surface area contributed by atoms with E-state index in [-0.39, 0.29) is 5.76 Å². The molecule has 4 aromatic rings. The van der Waals surface area contributed by atoms with E-state index in [1.807, 2.05) is 50.2 Å². The topological polar surface area (TPSA) is 68.8 Å². The molecule has 0 radical (unpaired) electrons. The molecule has 4 rings (SSSR count). The lowest BCUT2D eigenvalue weighted by Gasteiger charge is -2.07. The van der Waals surface area contributed by atoms with Crippen molar-refractivity contribution < 1.29 is 13.9 Å². The van der Waals surface area contributed by atoms with Crippen LogP contribution in [0.1, 0.15) is 28.6 Å². The molecule has 0 aliphatic carbocycles. The second-order valence-corrected chi connectivity index (χ2v) is 7.67. The van der Waals surface area contributed by atoms with Crippen molar-refractivity contribution in [2.24, 2.45) is 5.10 Å². The van der Waals surface area contributed by atoms with Crippen LogP contribution in [0.4, 0.5) is 0 Å². The minimum Gasteiger partial charge on any atom is -0.451 e. The number of carbonyl (C=O) groups excluding carboxylic acids is 1. The van der Waals surface area contributed by atoms with Gasteiger partial charge in [0.2, 0.25) is 0 Å². The molecule has 154 valence electrons. The van der Waals surface area contributed by atoms with Crippen LogP contribution in [-0.4, -0.2) is 29.9 Å². The third-order valence-electron chi connectivity index (χ3n) is 4.86. The normalized spacial score (nSPS) is 11.7. The molecule has 30 heavy (non-hydrogen) atoms. The fraction of sp³-hybridized carbons (Fsp3) is 0.217. The maximum absolute atomic E-state index is 12.5. The average Bonchev–Trinajstić information content (AvgIpc) is 3.28. The summed E-state index contributed by atoms with van der Waals surface area (Å²) in [6.45, 7) is 5.99. The Balaban J connectivity index is 1.55. The fourth-order valence-corrected chi connectivity index (χ4v) is 4.11. The number of halogens is 1. The lowest BCUT2D eigenvalue weighted by atomic mass is 10.2. The molecule has 0 saturated carbocycles. The number of aryl methyl sites for hydroxylation is 1. The highest BCUT2D eigenvalue weighted by Gasteiger charge is 2.15. The minimum atomic E-state index is -0.392. The summed E-state index contributed by atoms with van der Waals surface area (Å²) in [7, 11) is 0. The number of fused-ring (bicyclic) bond motifs is 2. The largest absolute Gasteiger partial charge is 0.451 e. The summed E-state index contributed by atoms with van der Waals surface area (Å²) in [4.78, 5) is 12.5. The lowest BCUT2D eigenvalue weighted by molar-refractivity contribution is 0.0929. The van der Waals surface area contributed by atoms with Crippen LogP contribution >= 0.6 is 15.9 Å². The number of benzene rings is 2. The summed E-state index contributed by atoms with van der Waals surface area (Å²) >= 11 is 3.67. The summed E-state index contributed by atoms with van der Waals surface area (Å²) in [5, 5.41) is 6.10. The number of hydrogen-bond donors (Lipinski definition) is 1. The predicted molar refractivity (Wildman–Crippen MR) is 122 cm³/mol. The molecule has 2 aromatic heterocycles. The van der Waals surface area contributed by atoms with Crippen molar-refractivity contribution in [1.82, 2.24) is 9.99 Å². The zero-order valence-corrected chi connectivity index (χ0v) is 18.4. The van der Waals surface area contributed by atoms with Crippen LogP contribution in [0.25, 0.3) is 21.9 Å². The van der Waals surface area contributed by atoms with Crippen LogP contribution in [0.15, 0.2) is 62.7 Å². The molecule has 7 heteroatoms. The maximum atomic E-state index is 12.5. The summed E-state index contributed by atoms with van der Waals surface area (Å²) in [6, 6.07) is 15.6. The molecule has 0 spiro atoms. The van der Waals surface area contributed by atoms with E-state index >= 15 is 0 Å². The lowest BCUT2D eigenvalue weighted by Crippen LogP contribution is -2.16. The quantitative estimate of drug-likeness (QED) is 0.229. The molecular weight excluding hydrogens is 446 g/mol. The van der Waals surface area contributed by atoms with Crippen molar-refractivity contribution in [3.63, 3.8) is 0 Å². The number of rotatable bonds is 7. The van der Waals surface area contributed by atoms with Gasteiger partial charge in [-0.1, -0.05) is 29.8 Å². The summed E-state index contributed by atoms with van der Waals surface area (Å²) in [5.41, 5.74) is 6.31. The maximum Gasteiger partial charge on any atom is 0.307 e. The molecule has 0 unspecified atom stereocenters. The fourth-order valence-electron chi connectivity index (χ4n) is 3.43. The second kappa shape index (κ2) is 8.85. The smallest absolute Gasteiger partial charge is 0.307 e. The van der Waals surface area contributed by atoms with Gasteiger partial charge in [-0.2, -0.15) is 5.10 Å². The summed E-state index contributed by atoms with van der Waals surface area (Å²) in [5.74, 6) is -0.165. The highest BCUT2D eigenvalue weighted by molar-refractivity contribution is 9.10. The molecule has 0 saturated heterocycles. The van der Waals surface area contributed by atoms with Gasteiger partial charge in [-0.3, -0.25) is 4.79 Å². The first-order valence-electron chi connectivity index (χ1n) is 9.76. The van der Waals surface area contributed by atoms with E-state index in [1.165, 1.54) is 0 Å². The molecule has 0 bridgehead atoms. The number of ether oxygens (including phenoxy) is 1. The van der Waals surface area contributed by atoms with Crippen LogP contribution < -0.4 is 5.43 Å². The molecule has 6 nitrogen and oxygen atoms in total. The average molecular weight is 468 g/mol. The van der Waals surface area contributed by atoms with Gasteiger partial charge >= 0.3 is 5.91 Å². The number of para-hydroxylation sites is 1. The Bertz CT molecular complexity index is 1240. The number of aromatic nitrogens is 1. The Kier molecular flexibility index (Phi) is 6.01. The van der Waals surface area contributed by atoms with E-state index in [2.05, 4.69) is 37.1 Å².